The van der Waals surface area contributed by atoms with E-state index in [1.807, 2.05) is 42.4 Å². The second-order valence-electron chi connectivity index (χ2n) is 6.69. The zero-order valence-electron chi connectivity index (χ0n) is 14.5. The van der Waals surface area contributed by atoms with E-state index in [0.717, 1.165) is 50.2 Å². The van der Waals surface area contributed by atoms with Gasteiger partial charge in [0.15, 0.2) is 0 Å². The predicted octanol–water partition coefficient (Wildman–Crippen LogP) is 2.50. The minimum Gasteiger partial charge on any atom is -0.357 e. The van der Waals surface area contributed by atoms with Crippen molar-refractivity contribution in [2.24, 2.45) is 0 Å². The van der Waals surface area contributed by atoms with Gasteiger partial charge in [0.05, 0.1) is 0 Å². The molecule has 0 spiro atoms. The Bertz CT molecular complexity index is 667. The van der Waals surface area contributed by atoms with Gasteiger partial charge in [0, 0.05) is 50.2 Å². The number of likely N-dealkylation sites (tertiary alicyclic amines) is 1. The highest BCUT2D eigenvalue weighted by atomic mass is 16.2. The van der Waals surface area contributed by atoms with E-state index in [1.165, 1.54) is 0 Å². The maximum atomic E-state index is 12.6. The van der Waals surface area contributed by atoms with Crippen molar-refractivity contribution >= 4 is 5.91 Å². The molecular weight excluding hydrogens is 300 g/mol. The van der Waals surface area contributed by atoms with E-state index in [-0.39, 0.29) is 5.91 Å². The molecule has 0 aromatic carbocycles. The van der Waals surface area contributed by atoms with Crippen LogP contribution in [0.5, 0.6) is 0 Å². The van der Waals surface area contributed by atoms with Crippen molar-refractivity contribution in [3.63, 3.8) is 0 Å². The molecule has 2 aromatic rings. The van der Waals surface area contributed by atoms with Crippen LogP contribution in [0.4, 0.5) is 0 Å². The number of rotatable bonds is 5. The lowest BCUT2D eigenvalue weighted by atomic mass is 10.0. The van der Waals surface area contributed by atoms with Gasteiger partial charge in [-0.3, -0.25) is 9.78 Å². The molecule has 1 atom stereocenters. The Balaban J connectivity index is 1.55. The number of carbonyl (C=O) groups is 1. The predicted molar refractivity (Wildman–Crippen MR) is 95.0 cm³/mol. The van der Waals surface area contributed by atoms with Crippen molar-refractivity contribution in [3.8, 4) is 0 Å². The summed E-state index contributed by atoms with van der Waals surface area (Å²) in [6.45, 7) is 4.61. The molecule has 2 aromatic heterocycles. The maximum Gasteiger partial charge on any atom is 0.270 e. The van der Waals surface area contributed by atoms with Crippen LogP contribution in [0.2, 0.25) is 0 Å². The summed E-state index contributed by atoms with van der Waals surface area (Å²) in [5, 5.41) is 0. The molecule has 1 aliphatic heterocycles. The van der Waals surface area contributed by atoms with Gasteiger partial charge in [-0.05, 0) is 50.6 Å². The summed E-state index contributed by atoms with van der Waals surface area (Å²) >= 11 is 0. The van der Waals surface area contributed by atoms with E-state index in [0.29, 0.717) is 11.7 Å². The third-order valence-corrected chi connectivity index (χ3v) is 4.81. The second kappa shape index (κ2) is 7.62. The zero-order chi connectivity index (χ0) is 16.9. The van der Waals surface area contributed by atoms with Gasteiger partial charge in [-0.15, -0.1) is 0 Å². The van der Waals surface area contributed by atoms with Crippen molar-refractivity contribution in [3.05, 3.63) is 53.6 Å². The van der Waals surface area contributed by atoms with Crippen molar-refractivity contribution in [1.29, 1.82) is 0 Å². The molecule has 1 amide bonds. The quantitative estimate of drug-likeness (QED) is 0.918. The van der Waals surface area contributed by atoms with Crippen LogP contribution in [0.3, 0.4) is 0 Å². The lowest BCUT2D eigenvalue weighted by Gasteiger charge is -2.37. The molecule has 0 unspecified atom stereocenters. The Hall–Kier alpha value is -2.14. The van der Waals surface area contributed by atoms with E-state index in [1.54, 1.807) is 0 Å². The fourth-order valence-corrected chi connectivity index (χ4v) is 3.31. The summed E-state index contributed by atoms with van der Waals surface area (Å²) < 4.78 is 0. The number of hydrogen-bond acceptors (Lipinski definition) is 3. The first kappa shape index (κ1) is 16.7. The first-order chi connectivity index (χ1) is 11.6. The normalized spacial score (nSPS) is 18.1. The molecule has 5 nitrogen and oxygen atoms in total. The number of hydrogen-bond donors (Lipinski definition) is 1. The second-order valence-corrected chi connectivity index (χ2v) is 6.69. The maximum absolute atomic E-state index is 12.6. The van der Waals surface area contributed by atoms with Gasteiger partial charge in [-0.1, -0.05) is 6.07 Å². The summed E-state index contributed by atoms with van der Waals surface area (Å²) in [6, 6.07) is 8.39. The molecule has 0 aliphatic carbocycles. The Morgan fingerprint density at radius 2 is 2.33 bits per heavy atom. The summed E-state index contributed by atoms with van der Waals surface area (Å²) in [6.07, 6.45) is 6.87. The lowest BCUT2D eigenvalue weighted by Crippen LogP contribution is -2.49. The van der Waals surface area contributed by atoms with Crippen LogP contribution in [0, 0.1) is 6.92 Å². The Labute approximate surface area is 143 Å². The fourth-order valence-electron chi connectivity index (χ4n) is 3.31. The van der Waals surface area contributed by atoms with Gasteiger partial charge in [0.2, 0.25) is 0 Å². The lowest BCUT2D eigenvalue weighted by molar-refractivity contribution is 0.0606. The molecule has 1 aliphatic rings. The van der Waals surface area contributed by atoms with Crippen LogP contribution in [-0.2, 0) is 6.42 Å². The first-order valence-corrected chi connectivity index (χ1v) is 8.68. The summed E-state index contributed by atoms with van der Waals surface area (Å²) in [4.78, 5) is 24.4. The molecule has 0 radical (unpaired) electrons. The number of carbonyl (C=O) groups excluding carboxylic acids is 1. The van der Waals surface area contributed by atoms with Gasteiger partial charge in [0.1, 0.15) is 5.69 Å². The minimum absolute atomic E-state index is 0.117. The summed E-state index contributed by atoms with van der Waals surface area (Å²) in [5.74, 6) is 0.117. The van der Waals surface area contributed by atoms with Crippen molar-refractivity contribution < 1.29 is 4.79 Å². The topological polar surface area (TPSA) is 52.2 Å². The Morgan fingerprint density at radius 3 is 3.04 bits per heavy atom. The highest BCUT2D eigenvalue weighted by Gasteiger charge is 2.27. The number of amides is 1. The molecule has 128 valence electrons. The molecule has 1 N–H and O–H groups in total. The molecule has 0 bridgehead atoms. The highest BCUT2D eigenvalue weighted by Crippen LogP contribution is 2.17. The SMILES string of the molecule is Cc1c[nH]c(C(=O)N2CCC[C@H](N(C)CCc3ccccn3)C2)c1. The van der Waals surface area contributed by atoms with Crippen LogP contribution in [0.1, 0.15) is 34.6 Å². The van der Waals surface area contributed by atoms with Crippen LogP contribution >= 0.6 is 0 Å². The average molecular weight is 326 g/mol. The molecule has 1 saturated heterocycles. The average Bonchev–Trinajstić information content (AvgIpc) is 3.06. The van der Waals surface area contributed by atoms with Crippen molar-refractivity contribution in [1.82, 2.24) is 19.8 Å². The standard InChI is InChI=1S/C19H26N4O/c1-15-12-18(21-13-15)19(24)23-10-5-7-17(14-23)22(2)11-8-16-6-3-4-9-20-16/h3-4,6,9,12-13,17,21H,5,7-8,10-11,14H2,1-2H3/t17-/m0/s1. The van der Waals surface area contributed by atoms with E-state index in [2.05, 4.69) is 28.0 Å². The summed E-state index contributed by atoms with van der Waals surface area (Å²) in [5.41, 5.74) is 2.92. The number of aromatic nitrogens is 2. The van der Waals surface area contributed by atoms with E-state index in [4.69, 9.17) is 0 Å². The zero-order valence-corrected chi connectivity index (χ0v) is 14.5. The van der Waals surface area contributed by atoms with Gasteiger partial charge >= 0.3 is 0 Å². The van der Waals surface area contributed by atoms with Gasteiger partial charge < -0.3 is 14.8 Å². The fraction of sp³-hybridized carbons (Fsp3) is 0.474. The van der Waals surface area contributed by atoms with Crippen LogP contribution in [0.25, 0.3) is 0 Å². The molecule has 3 heterocycles. The number of aromatic amines is 1. The van der Waals surface area contributed by atoms with Gasteiger partial charge in [0.25, 0.3) is 5.91 Å². The minimum atomic E-state index is 0.117. The van der Waals surface area contributed by atoms with E-state index in [9.17, 15) is 4.79 Å². The van der Waals surface area contributed by atoms with Crippen LogP contribution < -0.4 is 0 Å². The number of nitrogens with zero attached hydrogens (tertiary/aromatic N) is 3. The highest BCUT2D eigenvalue weighted by molar-refractivity contribution is 5.92. The number of nitrogens with one attached hydrogen (secondary N) is 1. The number of piperidine rings is 1. The Morgan fingerprint density at radius 1 is 1.46 bits per heavy atom. The molecule has 0 saturated carbocycles. The third kappa shape index (κ3) is 4.03. The van der Waals surface area contributed by atoms with Crippen molar-refractivity contribution in [2.75, 3.05) is 26.7 Å². The summed E-state index contributed by atoms with van der Waals surface area (Å²) in [7, 11) is 2.15. The molecule has 3 rings (SSSR count). The first-order valence-electron chi connectivity index (χ1n) is 8.68. The number of aryl methyl sites for hydroxylation is 1. The largest absolute Gasteiger partial charge is 0.357 e. The molecule has 5 heteroatoms. The molecule has 1 fully saturated rings. The van der Waals surface area contributed by atoms with Crippen LogP contribution in [-0.4, -0.2) is 58.4 Å². The van der Waals surface area contributed by atoms with E-state index < -0.39 is 0 Å². The van der Waals surface area contributed by atoms with Crippen LogP contribution in [0.15, 0.2) is 36.7 Å². The van der Waals surface area contributed by atoms with E-state index >= 15 is 0 Å². The van der Waals surface area contributed by atoms with Crippen molar-refractivity contribution in [2.45, 2.75) is 32.2 Å². The number of likely N-dealkylation sites (N-methyl/N-ethyl adjacent to an activating group) is 1. The monoisotopic (exact) mass is 326 g/mol. The molecular formula is C19H26N4O. The Kier molecular flexibility index (Phi) is 5.30. The van der Waals surface area contributed by atoms with Gasteiger partial charge in [-0.25, -0.2) is 0 Å². The number of H-pyrrole nitrogens is 1. The third-order valence-electron chi connectivity index (χ3n) is 4.81. The number of pyridine rings is 1. The van der Waals surface area contributed by atoms with Gasteiger partial charge in [-0.2, -0.15) is 0 Å². The smallest absolute Gasteiger partial charge is 0.270 e. The molecule has 24 heavy (non-hydrogen) atoms.